The molecule has 6 aromatic rings. The third-order valence-electron chi connectivity index (χ3n) is 7.74. The van der Waals surface area contributed by atoms with Crippen molar-refractivity contribution >= 4 is 33.4 Å². The average Bonchev–Trinajstić information content (AvgIpc) is 3.39. The zero-order valence-corrected chi connectivity index (χ0v) is 23.7. The highest BCUT2D eigenvalue weighted by Gasteiger charge is 2.26. The number of rotatable bonds is 7. The first kappa shape index (κ1) is 27.2. The molecule has 0 radical (unpaired) electrons. The number of amides is 1. The van der Waals surface area contributed by atoms with Gasteiger partial charge in [-0.2, -0.15) is 0 Å². The second-order valence-electron chi connectivity index (χ2n) is 11.0. The fourth-order valence-electron chi connectivity index (χ4n) is 5.57. The first-order chi connectivity index (χ1) is 20.2. The van der Waals surface area contributed by atoms with Crippen molar-refractivity contribution in [2.45, 2.75) is 32.7 Å². The smallest absolute Gasteiger partial charge is 0.251 e. The molecule has 0 atom stereocenters. The van der Waals surface area contributed by atoms with Gasteiger partial charge in [0.1, 0.15) is 17.2 Å². The van der Waals surface area contributed by atoms with Crippen LogP contribution in [0.4, 0.5) is 4.39 Å². The molecule has 1 amide bonds. The number of ketones is 1. The second-order valence-corrected chi connectivity index (χ2v) is 11.0. The maximum absolute atomic E-state index is 13.6. The van der Waals surface area contributed by atoms with Crippen LogP contribution in [0.25, 0.3) is 44.2 Å². The first-order valence-corrected chi connectivity index (χ1v) is 14.0. The number of nitrogens with one attached hydrogen (secondary N) is 1. The van der Waals surface area contributed by atoms with Crippen LogP contribution in [0.1, 0.15) is 53.5 Å². The Morgan fingerprint density at radius 3 is 2.24 bits per heavy atom. The standard InChI is InChI=1S/C37H30FNO3/c1-4-32(40)34-30-22-26(17-20-33(30)42-35(34)24-15-18-28(38)19-16-24)25-11-7-12-27(21-25)36(41)39-37(2,3)31-14-8-10-23-9-5-6-13-29(23)31/h5-22H,4H2,1-3H3,(H,39,41). The quantitative estimate of drug-likeness (QED) is 0.200. The normalized spacial score (nSPS) is 11.6. The van der Waals surface area contributed by atoms with Crippen molar-refractivity contribution in [1.82, 2.24) is 5.32 Å². The predicted octanol–water partition coefficient (Wildman–Crippen LogP) is 9.32. The number of carbonyl (C=O) groups is 2. The van der Waals surface area contributed by atoms with Crippen LogP contribution in [0.15, 0.2) is 114 Å². The van der Waals surface area contributed by atoms with Gasteiger partial charge in [-0.15, -0.1) is 0 Å². The topological polar surface area (TPSA) is 59.3 Å². The Morgan fingerprint density at radius 1 is 0.762 bits per heavy atom. The van der Waals surface area contributed by atoms with E-state index in [-0.39, 0.29) is 17.5 Å². The van der Waals surface area contributed by atoms with Crippen molar-refractivity contribution in [2.75, 3.05) is 0 Å². The molecule has 0 unspecified atom stereocenters. The molecule has 5 aromatic carbocycles. The second kappa shape index (κ2) is 10.7. The lowest BCUT2D eigenvalue weighted by atomic mass is 9.89. The number of Topliss-reactive ketones (excluding diaryl/α,β-unsaturated/α-hetero) is 1. The highest BCUT2D eigenvalue weighted by molar-refractivity contribution is 6.12. The summed E-state index contributed by atoms with van der Waals surface area (Å²) in [6.45, 7) is 5.82. The minimum atomic E-state index is -0.615. The van der Waals surface area contributed by atoms with Crippen LogP contribution >= 0.6 is 0 Å². The lowest BCUT2D eigenvalue weighted by Crippen LogP contribution is -2.41. The van der Waals surface area contributed by atoms with E-state index in [9.17, 15) is 14.0 Å². The molecule has 0 saturated heterocycles. The van der Waals surface area contributed by atoms with Crippen molar-refractivity contribution in [3.05, 3.63) is 132 Å². The monoisotopic (exact) mass is 555 g/mol. The molecule has 0 fully saturated rings. The third-order valence-corrected chi connectivity index (χ3v) is 7.74. The van der Waals surface area contributed by atoms with E-state index in [0.29, 0.717) is 39.8 Å². The molecule has 0 aliphatic heterocycles. The number of carbonyl (C=O) groups excluding carboxylic acids is 2. The number of halogens is 1. The number of furan rings is 1. The summed E-state index contributed by atoms with van der Waals surface area (Å²) < 4.78 is 19.7. The van der Waals surface area contributed by atoms with E-state index >= 15 is 0 Å². The fraction of sp³-hybridized carbons (Fsp3) is 0.135. The van der Waals surface area contributed by atoms with Crippen molar-refractivity contribution in [1.29, 1.82) is 0 Å². The number of fused-ring (bicyclic) bond motifs is 2. The predicted molar refractivity (Wildman–Crippen MR) is 166 cm³/mol. The van der Waals surface area contributed by atoms with Gasteiger partial charge in [0.25, 0.3) is 5.91 Å². The minimum Gasteiger partial charge on any atom is -0.455 e. The summed E-state index contributed by atoms with van der Waals surface area (Å²) in [6, 6.07) is 33.3. The van der Waals surface area contributed by atoms with Gasteiger partial charge in [0, 0.05) is 22.9 Å². The van der Waals surface area contributed by atoms with Gasteiger partial charge in [-0.1, -0.05) is 67.6 Å². The SMILES string of the molecule is CCC(=O)c1c(-c2ccc(F)cc2)oc2ccc(-c3cccc(C(=O)NC(C)(C)c4cccc5ccccc45)c3)cc12. The summed E-state index contributed by atoms with van der Waals surface area (Å²) in [5, 5.41) is 6.13. The maximum atomic E-state index is 13.6. The summed E-state index contributed by atoms with van der Waals surface area (Å²) in [6.07, 6.45) is 0.301. The Bertz CT molecular complexity index is 1960. The molecule has 1 N–H and O–H groups in total. The Balaban J connectivity index is 1.35. The van der Waals surface area contributed by atoms with Crippen molar-refractivity contribution in [3.8, 4) is 22.5 Å². The summed E-state index contributed by atoms with van der Waals surface area (Å²) in [4.78, 5) is 26.6. The van der Waals surface area contributed by atoms with Crippen LogP contribution in [0, 0.1) is 5.82 Å². The van der Waals surface area contributed by atoms with Gasteiger partial charge in [0.2, 0.25) is 0 Å². The Morgan fingerprint density at radius 2 is 1.45 bits per heavy atom. The van der Waals surface area contributed by atoms with E-state index in [0.717, 1.165) is 27.5 Å². The van der Waals surface area contributed by atoms with Gasteiger partial charge in [0.05, 0.1) is 11.1 Å². The largest absolute Gasteiger partial charge is 0.455 e. The zero-order valence-electron chi connectivity index (χ0n) is 23.7. The summed E-state index contributed by atoms with van der Waals surface area (Å²) >= 11 is 0. The lowest BCUT2D eigenvalue weighted by molar-refractivity contribution is 0.0911. The highest BCUT2D eigenvalue weighted by atomic mass is 19.1. The van der Waals surface area contributed by atoms with Gasteiger partial charge in [-0.3, -0.25) is 9.59 Å². The average molecular weight is 556 g/mol. The van der Waals surface area contributed by atoms with Crippen LogP contribution in [0.5, 0.6) is 0 Å². The molecule has 4 nitrogen and oxygen atoms in total. The molecule has 1 heterocycles. The van der Waals surface area contributed by atoms with E-state index in [1.807, 2.05) is 68.4 Å². The lowest BCUT2D eigenvalue weighted by Gasteiger charge is -2.28. The van der Waals surface area contributed by atoms with Crippen LogP contribution < -0.4 is 5.32 Å². The molecule has 6 rings (SSSR count). The summed E-state index contributed by atoms with van der Waals surface area (Å²) in [5.41, 5.74) is 4.33. The third kappa shape index (κ3) is 4.99. The first-order valence-electron chi connectivity index (χ1n) is 14.0. The van der Waals surface area contributed by atoms with Gasteiger partial charge in [-0.05, 0) is 89.8 Å². The Labute approximate surface area is 243 Å². The molecule has 208 valence electrons. The maximum Gasteiger partial charge on any atom is 0.251 e. The molecule has 5 heteroatoms. The Hall–Kier alpha value is -5.03. The van der Waals surface area contributed by atoms with E-state index in [2.05, 4.69) is 29.6 Å². The zero-order chi connectivity index (χ0) is 29.4. The molecule has 42 heavy (non-hydrogen) atoms. The molecule has 0 saturated carbocycles. The van der Waals surface area contributed by atoms with E-state index in [4.69, 9.17) is 4.42 Å². The van der Waals surface area contributed by atoms with Crippen molar-refractivity contribution < 1.29 is 18.4 Å². The molecule has 1 aromatic heterocycles. The van der Waals surface area contributed by atoms with Crippen LogP contribution in [-0.4, -0.2) is 11.7 Å². The Kier molecular flexibility index (Phi) is 6.95. The molecule has 0 spiro atoms. The van der Waals surface area contributed by atoms with Crippen LogP contribution in [0.2, 0.25) is 0 Å². The molecule has 0 aliphatic carbocycles. The number of benzene rings is 5. The molecular weight excluding hydrogens is 525 g/mol. The number of hydrogen-bond donors (Lipinski definition) is 1. The fourth-order valence-corrected chi connectivity index (χ4v) is 5.57. The van der Waals surface area contributed by atoms with Gasteiger partial charge >= 0.3 is 0 Å². The van der Waals surface area contributed by atoms with Crippen molar-refractivity contribution in [3.63, 3.8) is 0 Å². The molecule has 0 bridgehead atoms. The van der Waals surface area contributed by atoms with E-state index < -0.39 is 5.54 Å². The van der Waals surface area contributed by atoms with Gasteiger partial charge < -0.3 is 9.73 Å². The minimum absolute atomic E-state index is 0.0611. The summed E-state index contributed by atoms with van der Waals surface area (Å²) in [7, 11) is 0. The van der Waals surface area contributed by atoms with Crippen LogP contribution in [0.3, 0.4) is 0 Å². The number of hydrogen-bond acceptors (Lipinski definition) is 3. The highest BCUT2D eigenvalue weighted by Crippen LogP contribution is 2.37. The van der Waals surface area contributed by atoms with E-state index in [1.165, 1.54) is 12.1 Å². The van der Waals surface area contributed by atoms with E-state index in [1.54, 1.807) is 25.1 Å². The van der Waals surface area contributed by atoms with Gasteiger partial charge in [-0.25, -0.2) is 4.39 Å². The molecular formula is C37H30FNO3. The summed E-state index contributed by atoms with van der Waals surface area (Å²) in [5.74, 6) is -0.170. The molecule has 0 aliphatic rings. The van der Waals surface area contributed by atoms with Crippen molar-refractivity contribution in [2.24, 2.45) is 0 Å². The van der Waals surface area contributed by atoms with Gasteiger partial charge in [0.15, 0.2) is 5.78 Å². The van der Waals surface area contributed by atoms with Crippen LogP contribution in [-0.2, 0) is 5.54 Å².